The van der Waals surface area contributed by atoms with Crippen molar-refractivity contribution in [3.8, 4) is 0 Å². The van der Waals surface area contributed by atoms with Crippen molar-refractivity contribution >= 4 is 5.91 Å². The molecule has 4 heteroatoms. The fourth-order valence-electron chi connectivity index (χ4n) is 4.51. The van der Waals surface area contributed by atoms with E-state index in [1.807, 2.05) is 6.07 Å². The predicted molar refractivity (Wildman–Crippen MR) is 100 cm³/mol. The maximum atomic E-state index is 12.8. The first kappa shape index (κ1) is 18.4. The number of amides is 1. The van der Waals surface area contributed by atoms with Crippen molar-refractivity contribution in [2.24, 2.45) is 11.3 Å². The summed E-state index contributed by atoms with van der Waals surface area (Å²) in [5, 5.41) is 0. The van der Waals surface area contributed by atoms with E-state index < -0.39 is 0 Å². The molecule has 2 aliphatic rings. The minimum Gasteiger partial charge on any atom is -0.381 e. The lowest BCUT2D eigenvalue weighted by Gasteiger charge is -2.38. The van der Waals surface area contributed by atoms with Gasteiger partial charge < -0.3 is 14.5 Å². The van der Waals surface area contributed by atoms with Crippen LogP contribution in [0.15, 0.2) is 30.3 Å². The third-order valence-electron chi connectivity index (χ3n) is 5.94. The molecular formula is C21H32N2O2. The zero-order valence-electron chi connectivity index (χ0n) is 15.7. The molecule has 0 aliphatic carbocycles. The van der Waals surface area contributed by atoms with Gasteiger partial charge in [-0.1, -0.05) is 30.3 Å². The Labute approximate surface area is 152 Å². The first-order valence-corrected chi connectivity index (χ1v) is 9.63. The van der Waals surface area contributed by atoms with Gasteiger partial charge >= 0.3 is 0 Å². The maximum Gasteiger partial charge on any atom is 0.222 e. The second-order valence-corrected chi connectivity index (χ2v) is 8.05. The molecule has 1 atom stereocenters. The minimum absolute atomic E-state index is 0.275. The van der Waals surface area contributed by atoms with Gasteiger partial charge in [-0.05, 0) is 56.7 Å². The number of carbonyl (C=O) groups is 1. The van der Waals surface area contributed by atoms with Crippen LogP contribution in [-0.4, -0.2) is 62.7 Å². The van der Waals surface area contributed by atoms with Gasteiger partial charge in [0, 0.05) is 39.3 Å². The molecule has 2 saturated heterocycles. The molecule has 1 aromatic rings. The van der Waals surface area contributed by atoms with Gasteiger partial charge in [0.25, 0.3) is 0 Å². The van der Waals surface area contributed by atoms with Crippen molar-refractivity contribution in [1.29, 1.82) is 0 Å². The Hall–Kier alpha value is -1.39. The van der Waals surface area contributed by atoms with Crippen LogP contribution in [0.4, 0.5) is 0 Å². The number of hydrogen-bond donors (Lipinski definition) is 0. The predicted octanol–water partition coefficient (Wildman–Crippen LogP) is 2.83. The Morgan fingerprint density at radius 3 is 2.64 bits per heavy atom. The average Bonchev–Trinajstić information content (AvgIpc) is 2.94. The normalized spacial score (nSPS) is 22.7. The van der Waals surface area contributed by atoms with Crippen LogP contribution in [0.2, 0.25) is 0 Å². The summed E-state index contributed by atoms with van der Waals surface area (Å²) < 4.78 is 5.60. The average molecular weight is 344 g/mol. The van der Waals surface area contributed by atoms with Crippen molar-refractivity contribution in [2.45, 2.75) is 32.1 Å². The summed E-state index contributed by atoms with van der Waals surface area (Å²) in [5.41, 5.74) is 1.60. The standard InChI is InChI=1S/C21H32N2O2/c1-22(2)15-19-16-23(17-21(19)11-13-25-14-12-21)20(24)10-6-9-18-7-4-3-5-8-18/h3-5,7-8,19H,6,9-17H2,1-2H3/t19-/m1/s1. The highest BCUT2D eigenvalue weighted by molar-refractivity contribution is 5.76. The monoisotopic (exact) mass is 344 g/mol. The van der Waals surface area contributed by atoms with E-state index in [2.05, 4.69) is 48.2 Å². The summed E-state index contributed by atoms with van der Waals surface area (Å²) in [6, 6.07) is 10.5. The van der Waals surface area contributed by atoms with Crippen LogP contribution < -0.4 is 0 Å². The molecule has 2 aliphatic heterocycles. The van der Waals surface area contributed by atoms with E-state index in [1.165, 1.54) is 5.56 Å². The van der Waals surface area contributed by atoms with E-state index in [1.54, 1.807) is 0 Å². The number of hydrogen-bond acceptors (Lipinski definition) is 3. The SMILES string of the molecule is CN(C)C[C@@H]1CN(C(=O)CCCc2ccccc2)CC12CCOCC2. The summed E-state index contributed by atoms with van der Waals surface area (Å²) in [6.45, 7) is 4.61. The number of rotatable bonds is 6. The van der Waals surface area contributed by atoms with Crippen molar-refractivity contribution in [2.75, 3.05) is 46.9 Å². The number of ether oxygens (including phenoxy) is 1. The molecule has 0 aromatic heterocycles. The first-order valence-electron chi connectivity index (χ1n) is 9.63. The van der Waals surface area contributed by atoms with E-state index in [0.717, 1.165) is 58.5 Å². The van der Waals surface area contributed by atoms with Crippen LogP contribution in [0, 0.1) is 11.3 Å². The molecule has 0 saturated carbocycles. The molecule has 0 N–H and O–H groups in total. The Morgan fingerprint density at radius 1 is 1.24 bits per heavy atom. The number of aryl methyl sites for hydroxylation is 1. The molecule has 1 aromatic carbocycles. The van der Waals surface area contributed by atoms with Gasteiger partial charge in [0.05, 0.1) is 0 Å². The minimum atomic E-state index is 0.275. The molecule has 2 fully saturated rings. The van der Waals surface area contributed by atoms with Gasteiger partial charge in [0.2, 0.25) is 5.91 Å². The van der Waals surface area contributed by atoms with Crippen LogP contribution in [0.1, 0.15) is 31.2 Å². The fraction of sp³-hybridized carbons (Fsp3) is 0.667. The van der Waals surface area contributed by atoms with Gasteiger partial charge in [-0.15, -0.1) is 0 Å². The fourth-order valence-corrected chi connectivity index (χ4v) is 4.51. The van der Waals surface area contributed by atoms with Gasteiger partial charge in [-0.3, -0.25) is 4.79 Å². The lowest BCUT2D eigenvalue weighted by atomic mass is 9.72. The molecule has 1 spiro atoms. The smallest absolute Gasteiger partial charge is 0.222 e. The summed E-state index contributed by atoms with van der Waals surface area (Å²) in [7, 11) is 4.27. The Morgan fingerprint density at radius 2 is 1.96 bits per heavy atom. The van der Waals surface area contributed by atoms with Crippen LogP contribution in [0.5, 0.6) is 0 Å². The van der Waals surface area contributed by atoms with Gasteiger partial charge in [-0.25, -0.2) is 0 Å². The van der Waals surface area contributed by atoms with Crippen LogP contribution in [0.25, 0.3) is 0 Å². The second kappa shape index (κ2) is 8.33. The summed E-state index contributed by atoms with van der Waals surface area (Å²) in [4.78, 5) is 17.2. The number of benzene rings is 1. The van der Waals surface area contributed by atoms with Gasteiger partial charge in [0.15, 0.2) is 0 Å². The zero-order valence-corrected chi connectivity index (χ0v) is 15.7. The largest absolute Gasteiger partial charge is 0.381 e. The highest BCUT2D eigenvalue weighted by Crippen LogP contribution is 2.44. The van der Waals surface area contributed by atoms with E-state index in [0.29, 0.717) is 18.2 Å². The third kappa shape index (κ3) is 4.62. The van der Waals surface area contributed by atoms with Crippen molar-refractivity contribution in [3.05, 3.63) is 35.9 Å². The topological polar surface area (TPSA) is 32.8 Å². The lowest BCUT2D eigenvalue weighted by molar-refractivity contribution is -0.131. The second-order valence-electron chi connectivity index (χ2n) is 8.05. The Kier molecular flexibility index (Phi) is 6.13. The van der Waals surface area contributed by atoms with E-state index in [9.17, 15) is 4.79 Å². The van der Waals surface area contributed by atoms with E-state index in [4.69, 9.17) is 4.74 Å². The number of nitrogens with zero attached hydrogens (tertiary/aromatic N) is 2. The van der Waals surface area contributed by atoms with Crippen LogP contribution >= 0.6 is 0 Å². The molecule has 2 heterocycles. The van der Waals surface area contributed by atoms with E-state index in [-0.39, 0.29) is 5.41 Å². The Balaban J connectivity index is 1.55. The van der Waals surface area contributed by atoms with E-state index >= 15 is 0 Å². The number of carbonyl (C=O) groups excluding carboxylic acids is 1. The van der Waals surface area contributed by atoms with Crippen molar-refractivity contribution in [1.82, 2.24) is 9.80 Å². The summed E-state index contributed by atoms with van der Waals surface area (Å²) in [6.07, 6.45) is 4.78. The van der Waals surface area contributed by atoms with Crippen molar-refractivity contribution in [3.63, 3.8) is 0 Å². The summed E-state index contributed by atoms with van der Waals surface area (Å²) in [5.74, 6) is 0.910. The molecule has 138 valence electrons. The molecule has 1 amide bonds. The maximum absolute atomic E-state index is 12.8. The molecule has 0 unspecified atom stereocenters. The first-order chi connectivity index (χ1) is 12.1. The molecule has 4 nitrogen and oxygen atoms in total. The highest BCUT2D eigenvalue weighted by atomic mass is 16.5. The highest BCUT2D eigenvalue weighted by Gasteiger charge is 2.48. The molecule has 0 bridgehead atoms. The third-order valence-corrected chi connectivity index (χ3v) is 5.94. The number of likely N-dealkylation sites (tertiary alicyclic amines) is 1. The van der Waals surface area contributed by atoms with Gasteiger partial charge in [-0.2, -0.15) is 0 Å². The lowest BCUT2D eigenvalue weighted by Crippen LogP contribution is -2.40. The van der Waals surface area contributed by atoms with Gasteiger partial charge in [0.1, 0.15) is 0 Å². The zero-order chi connectivity index (χ0) is 17.7. The van der Waals surface area contributed by atoms with Crippen LogP contribution in [0.3, 0.4) is 0 Å². The molecule has 25 heavy (non-hydrogen) atoms. The summed E-state index contributed by atoms with van der Waals surface area (Å²) >= 11 is 0. The molecule has 0 radical (unpaired) electrons. The van der Waals surface area contributed by atoms with Crippen LogP contribution in [-0.2, 0) is 16.0 Å². The Bertz CT molecular complexity index is 552. The molecular weight excluding hydrogens is 312 g/mol. The van der Waals surface area contributed by atoms with Crippen molar-refractivity contribution < 1.29 is 9.53 Å². The quantitative estimate of drug-likeness (QED) is 0.795. The molecule has 3 rings (SSSR count).